The minimum atomic E-state index is -0.351. The van der Waals surface area contributed by atoms with Crippen molar-refractivity contribution in [1.29, 1.82) is 0 Å². The number of hydrogen-bond acceptors (Lipinski definition) is 1. The number of aryl methyl sites for hydroxylation is 2. The number of carbonyl (C=O) groups is 1. The number of hydrogen-bond donors (Lipinski definition) is 1. The van der Waals surface area contributed by atoms with Gasteiger partial charge in [0.2, 0.25) is 5.91 Å². The molecular weight excluding hydrogens is 174 g/mol. The second kappa shape index (κ2) is 3.29. The Hall–Kier alpha value is -1.57. The average molecular weight is 187 g/mol. The van der Waals surface area contributed by atoms with Crippen LogP contribution in [0.15, 0.2) is 24.3 Å². The van der Waals surface area contributed by atoms with Crippen molar-refractivity contribution in [1.82, 2.24) is 0 Å². The van der Waals surface area contributed by atoms with Gasteiger partial charge >= 0.3 is 0 Å². The van der Waals surface area contributed by atoms with E-state index in [2.05, 4.69) is 25.1 Å². The van der Waals surface area contributed by atoms with Crippen LogP contribution in [0.1, 0.15) is 23.1 Å². The zero-order chi connectivity index (χ0) is 10.1. The lowest BCUT2D eigenvalue weighted by atomic mass is 10.0. The first-order chi connectivity index (χ1) is 6.68. The number of nitrogens with two attached hydrogens (primary N) is 1. The van der Waals surface area contributed by atoms with Crippen LogP contribution in [0.2, 0.25) is 0 Å². The molecule has 1 amide bonds. The van der Waals surface area contributed by atoms with Gasteiger partial charge in [0.1, 0.15) is 0 Å². The van der Waals surface area contributed by atoms with Gasteiger partial charge < -0.3 is 5.73 Å². The zero-order valence-electron chi connectivity index (χ0n) is 8.21. The van der Waals surface area contributed by atoms with E-state index < -0.39 is 0 Å². The molecule has 1 aliphatic carbocycles. The van der Waals surface area contributed by atoms with E-state index in [1.165, 1.54) is 16.7 Å². The van der Waals surface area contributed by atoms with Crippen molar-refractivity contribution in [2.24, 2.45) is 5.73 Å². The van der Waals surface area contributed by atoms with E-state index in [9.17, 15) is 4.79 Å². The van der Waals surface area contributed by atoms with Gasteiger partial charge in [0.25, 0.3) is 0 Å². The van der Waals surface area contributed by atoms with Crippen molar-refractivity contribution in [3.05, 3.63) is 41.0 Å². The number of primary amides is 1. The maximum absolute atomic E-state index is 10.8. The Balaban J connectivity index is 2.53. The average Bonchev–Trinajstić information content (AvgIpc) is 2.49. The second-order valence-corrected chi connectivity index (χ2v) is 3.68. The topological polar surface area (TPSA) is 43.1 Å². The highest BCUT2D eigenvalue weighted by Crippen LogP contribution is 2.34. The van der Waals surface area contributed by atoms with Crippen LogP contribution >= 0.6 is 0 Å². The molecule has 0 heterocycles. The summed E-state index contributed by atoms with van der Waals surface area (Å²) in [5.41, 5.74) is 10.0. The van der Waals surface area contributed by atoms with Crippen molar-refractivity contribution in [2.75, 3.05) is 0 Å². The molecule has 0 fully saturated rings. The predicted molar refractivity (Wildman–Crippen MR) is 56.7 cm³/mol. The Bertz CT molecular complexity index is 418. The summed E-state index contributed by atoms with van der Waals surface area (Å²) in [6.07, 6.45) is 3.51. The molecule has 0 saturated carbocycles. The van der Waals surface area contributed by atoms with Crippen molar-refractivity contribution in [3.63, 3.8) is 0 Å². The monoisotopic (exact) mass is 187 g/mol. The molecule has 2 rings (SSSR count). The fourth-order valence-electron chi connectivity index (χ4n) is 2.11. The van der Waals surface area contributed by atoms with E-state index in [4.69, 9.17) is 5.73 Å². The molecule has 0 aliphatic heterocycles. The zero-order valence-corrected chi connectivity index (χ0v) is 8.21. The Morgan fingerprint density at radius 1 is 1.43 bits per heavy atom. The summed E-state index contributed by atoms with van der Waals surface area (Å²) < 4.78 is 0. The largest absolute Gasteiger partial charge is 0.366 e. The van der Waals surface area contributed by atoms with Gasteiger partial charge in [0, 0.05) is 6.08 Å². The number of allylic oxidation sites excluding steroid dienone is 1. The molecule has 2 N–H and O–H groups in total. The lowest BCUT2D eigenvalue weighted by molar-refractivity contribution is -0.113. The lowest BCUT2D eigenvalue weighted by Crippen LogP contribution is -2.06. The highest BCUT2D eigenvalue weighted by atomic mass is 16.1. The number of amides is 1. The summed E-state index contributed by atoms with van der Waals surface area (Å²) >= 11 is 0. The van der Waals surface area contributed by atoms with Crippen LogP contribution in [0.5, 0.6) is 0 Å². The highest BCUT2D eigenvalue weighted by molar-refractivity contribution is 5.95. The van der Waals surface area contributed by atoms with Gasteiger partial charge in [-0.05, 0) is 42.0 Å². The standard InChI is InChI=1S/C12H13NO/c1-8-3-2-4-9-5-6-10(12(8)9)7-11(13)14/h2-4,7H,5-6H2,1H3,(H2,13,14). The van der Waals surface area contributed by atoms with E-state index in [0.717, 1.165) is 18.4 Å². The van der Waals surface area contributed by atoms with E-state index in [-0.39, 0.29) is 5.91 Å². The van der Waals surface area contributed by atoms with Gasteiger partial charge in [-0.25, -0.2) is 0 Å². The number of rotatable bonds is 1. The molecule has 1 aromatic carbocycles. The Morgan fingerprint density at radius 3 is 2.93 bits per heavy atom. The fourth-order valence-corrected chi connectivity index (χ4v) is 2.11. The summed E-state index contributed by atoms with van der Waals surface area (Å²) in [5.74, 6) is -0.351. The number of fused-ring (bicyclic) bond motifs is 1. The van der Waals surface area contributed by atoms with Crippen molar-refractivity contribution in [2.45, 2.75) is 19.8 Å². The molecule has 0 spiro atoms. The number of benzene rings is 1. The molecule has 0 radical (unpaired) electrons. The summed E-state index contributed by atoms with van der Waals surface area (Å²) in [7, 11) is 0. The molecule has 0 aromatic heterocycles. The molecule has 1 aromatic rings. The van der Waals surface area contributed by atoms with E-state index in [1.54, 1.807) is 6.08 Å². The van der Waals surface area contributed by atoms with Crippen LogP contribution in [-0.2, 0) is 11.2 Å². The maximum Gasteiger partial charge on any atom is 0.241 e. The van der Waals surface area contributed by atoms with E-state index in [1.807, 2.05) is 0 Å². The summed E-state index contributed by atoms with van der Waals surface area (Å²) in [6.45, 7) is 2.07. The SMILES string of the molecule is Cc1cccc2c1C(=CC(N)=O)CC2. The first kappa shape index (κ1) is 9.00. The third kappa shape index (κ3) is 1.43. The first-order valence-corrected chi connectivity index (χ1v) is 4.77. The second-order valence-electron chi connectivity index (χ2n) is 3.68. The third-order valence-corrected chi connectivity index (χ3v) is 2.66. The maximum atomic E-state index is 10.8. The smallest absolute Gasteiger partial charge is 0.241 e. The Labute approximate surface area is 83.4 Å². The molecule has 2 heteroatoms. The first-order valence-electron chi connectivity index (χ1n) is 4.77. The molecule has 14 heavy (non-hydrogen) atoms. The van der Waals surface area contributed by atoms with Gasteiger partial charge in [-0.3, -0.25) is 4.79 Å². The van der Waals surface area contributed by atoms with Crippen molar-refractivity contribution < 1.29 is 4.79 Å². The van der Waals surface area contributed by atoms with Gasteiger partial charge in [-0.1, -0.05) is 18.2 Å². The van der Waals surface area contributed by atoms with E-state index >= 15 is 0 Å². The highest BCUT2D eigenvalue weighted by Gasteiger charge is 2.17. The molecule has 0 bridgehead atoms. The van der Waals surface area contributed by atoms with Crippen LogP contribution in [0.25, 0.3) is 5.57 Å². The summed E-state index contributed by atoms with van der Waals surface area (Å²) in [6, 6.07) is 6.24. The van der Waals surface area contributed by atoms with Crippen LogP contribution in [0, 0.1) is 6.92 Å². The van der Waals surface area contributed by atoms with Gasteiger partial charge in [0.05, 0.1) is 0 Å². The third-order valence-electron chi connectivity index (χ3n) is 2.66. The Morgan fingerprint density at radius 2 is 2.21 bits per heavy atom. The van der Waals surface area contributed by atoms with Crippen LogP contribution in [0.3, 0.4) is 0 Å². The minimum absolute atomic E-state index is 0.351. The fraction of sp³-hybridized carbons (Fsp3) is 0.250. The van der Waals surface area contributed by atoms with E-state index in [0.29, 0.717) is 0 Å². The normalized spacial score (nSPS) is 17.1. The molecule has 0 saturated heterocycles. The predicted octanol–water partition coefficient (Wildman–Crippen LogP) is 1.81. The lowest BCUT2D eigenvalue weighted by Gasteiger charge is -2.04. The van der Waals surface area contributed by atoms with Crippen LogP contribution in [-0.4, -0.2) is 5.91 Å². The molecule has 1 aliphatic rings. The molecular formula is C12H13NO. The van der Waals surface area contributed by atoms with Crippen LogP contribution < -0.4 is 5.73 Å². The number of carbonyl (C=O) groups excluding carboxylic acids is 1. The molecule has 2 nitrogen and oxygen atoms in total. The van der Waals surface area contributed by atoms with Crippen molar-refractivity contribution in [3.8, 4) is 0 Å². The quantitative estimate of drug-likeness (QED) is 0.669. The van der Waals surface area contributed by atoms with Gasteiger partial charge in [0.15, 0.2) is 0 Å². The molecule has 0 unspecified atom stereocenters. The van der Waals surface area contributed by atoms with Crippen LogP contribution in [0.4, 0.5) is 0 Å². The summed E-state index contributed by atoms with van der Waals surface area (Å²) in [4.78, 5) is 10.8. The van der Waals surface area contributed by atoms with Crippen molar-refractivity contribution >= 4 is 11.5 Å². The molecule has 0 atom stereocenters. The molecule has 72 valence electrons. The minimum Gasteiger partial charge on any atom is -0.366 e. The summed E-state index contributed by atoms with van der Waals surface area (Å²) in [5, 5.41) is 0. The Kier molecular flexibility index (Phi) is 2.12. The van der Waals surface area contributed by atoms with Gasteiger partial charge in [-0.2, -0.15) is 0 Å². The van der Waals surface area contributed by atoms with Gasteiger partial charge in [-0.15, -0.1) is 0 Å².